The van der Waals surface area contributed by atoms with Crippen molar-refractivity contribution in [3.05, 3.63) is 104 Å². The molecule has 2 amide bonds. The molecule has 0 radical (unpaired) electrons. The van der Waals surface area contributed by atoms with Gasteiger partial charge in [-0.15, -0.1) is 11.3 Å². The van der Waals surface area contributed by atoms with Gasteiger partial charge in [0.2, 0.25) is 11.8 Å². The SMILES string of the molecule is CC(C)N(CC(=O)N(Cc1ccccc1)Cc1cccs1)C(=O)C=Cc1ccc([N+](=O)[O-])cc1. The van der Waals surface area contributed by atoms with Crippen LogP contribution in [0.1, 0.15) is 29.9 Å². The van der Waals surface area contributed by atoms with E-state index in [9.17, 15) is 19.7 Å². The molecule has 7 nitrogen and oxygen atoms in total. The van der Waals surface area contributed by atoms with Crippen molar-refractivity contribution in [1.82, 2.24) is 9.80 Å². The molecule has 0 aliphatic heterocycles. The minimum atomic E-state index is -0.470. The molecule has 1 heterocycles. The molecular formula is C26H27N3O4S. The third-order valence-electron chi connectivity index (χ3n) is 5.23. The van der Waals surface area contributed by atoms with Gasteiger partial charge >= 0.3 is 0 Å². The number of benzene rings is 2. The van der Waals surface area contributed by atoms with Crippen molar-refractivity contribution in [2.24, 2.45) is 0 Å². The first-order valence-corrected chi connectivity index (χ1v) is 11.8. The first kappa shape index (κ1) is 24.9. The number of hydrogen-bond donors (Lipinski definition) is 0. The third kappa shape index (κ3) is 7.11. The van der Waals surface area contributed by atoms with E-state index in [1.54, 1.807) is 34.4 Å². The van der Waals surface area contributed by atoms with Crippen LogP contribution in [0, 0.1) is 10.1 Å². The van der Waals surface area contributed by atoms with Gasteiger partial charge in [0.15, 0.2) is 0 Å². The monoisotopic (exact) mass is 477 g/mol. The fourth-order valence-electron chi connectivity index (χ4n) is 3.36. The Kier molecular flexibility index (Phi) is 8.70. The van der Waals surface area contributed by atoms with Crippen LogP contribution in [0.4, 0.5) is 5.69 Å². The molecule has 2 aromatic carbocycles. The number of hydrogen-bond acceptors (Lipinski definition) is 5. The molecule has 34 heavy (non-hydrogen) atoms. The van der Waals surface area contributed by atoms with Crippen LogP contribution in [0.25, 0.3) is 6.08 Å². The standard InChI is InChI=1S/C26H27N3O4S/c1-20(2)28(25(30)15-12-21-10-13-23(14-11-21)29(32)33)19-26(31)27(18-24-9-6-16-34-24)17-22-7-4-3-5-8-22/h3-16,20H,17-19H2,1-2H3. The number of nitro benzene ring substituents is 1. The van der Waals surface area contributed by atoms with Crippen molar-refractivity contribution < 1.29 is 14.5 Å². The van der Waals surface area contributed by atoms with E-state index in [0.29, 0.717) is 18.7 Å². The van der Waals surface area contributed by atoms with Crippen molar-refractivity contribution in [3.63, 3.8) is 0 Å². The second-order valence-electron chi connectivity index (χ2n) is 8.06. The molecule has 0 aliphatic rings. The van der Waals surface area contributed by atoms with Crippen LogP contribution in [0.2, 0.25) is 0 Å². The second kappa shape index (κ2) is 11.9. The summed E-state index contributed by atoms with van der Waals surface area (Å²) in [5.74, 6) is -0.430. The van der Waals surface area contributed by atoms with Crippen molar-refractivity contribution in [2.75, 3.05) is 6.54 Å². The first-order chi connectivity index (χ1) is 16.3. The minimum absolute atomic E-state index is 0.0119. The molecule has 0 unspecified atom stereocenters. The highest BCUT2D eigenvalue weighted by atomic mass is 32.1. The molecule has 3 aromatic rings. The molecule has 0 fully saturated rings. The number of carbonyl (C=O) groups is 2. The van der Waals surface area contributed by atoms with Gasteiger partial charge < -0.3 is 9.80 Å². The Morgan fingerprint density at radius 3 is 2.29 bits per heavy atom. The highest BCUT2D eigenvalue weighted by Gasteiger charge is 2.23. The Hall–Kier alpha value is -3.78. The van der Waals surface area contributed by atoms with Crippen LogP contribution < -0.4 is 0 Å². The van der Waals surface area contributed by atoms with E-state index in [1.165, 1.54) is 23.1 Å². The molecule has 0 N–H and O–H groups in total. The molecule has 176 valence electrons. The van der Waals surface area contributed by atoms with E-state index in [0.717, 1.165) is 10.4 Å². The van der Waals surface area contributed by atoms with Gasteiger partial charge in [-0.25, -0.2) is 0 Å². The minimum Gasteiger partial charge on any atom is -0.332 e. The van der Waals surface area contributed by atoms with E-state index in [2.05, 4.69) is 0 Å². The fourth-order valence-corrected chi connectivity index (χ4v) is 4.08. The summed E-state index contributed by atoms with van der Waals surface area (Å²) in [5, 5.41) is 12.8. The lowest BCUT2D eigenvalue weighted by molar-refractivity contribution is -0.384. The quantitative estimate of drug-likeness (QED) is 0.230. The number of thiophene rings is 1. The highest BCUT2D eigenvalue weighted by Crippen LogP contribution is 2.16. The largest absolute Gasteiger partial charge is 0.332 e. The van der Waals surface area contributed by atoms with Crippen LogP contribution in [-0.2, 0) is 22.7 Å². The molecule has 8 heteroatoms. The Morgan fingerprint density at radius 1 is 1.00 bits per heavy atom. The van der Waals surface area contributed by atoms with E-state index >= 15 is 0 Å². The number of amides is 2. The van der Waals surface area contributed by atoms with Crippen molar-refractivity contribution in [2.45, 2.75) is 33.0 Å². The Balaban J connectivity index is 1.72. The van der Waals surface area contributed by atoms with Crippen LogP contribution >= 0.6 is 11.3 Å². The van der Waals surface area contributed by atoms with E-state index in [4.69, 9.17) is 0 Å². The maximum absolute atomic E-state index is 13.3. The van der Waals surface area contributed by atoms with Gasteiger partial charge in [-0.1, -0.05) is 36.4 Å². The zero-order valence-electron chi connectivity index (χ0n) is 19.2. The van der Waals surface area contributed by atoms with Gasteiger partial charge in [-0.2, -0.15) is 0 Å². The van der Waals surface area contributed by atoms with Gasteiger partial charge in [0.05, 0.1) is 11.5 Å². The molecule has 0 saturated carbocycles. The van der Waals surface area contributed by atoms with Crippen LogP contribution in [-0.4, -0.2) is 39.1 Å². The van der Waals surface area contributed by atoms with Gasteiger partial charge in [0, 0.05) is 35.7 Å². The smallest absolute Gasteiger partial charge is 0.269 e. The predicted octanol–water partition coefficient (Wildman–Crippen LogP) is 5.14. The Morgan fingerprint density at radius 2 is 1.71 bits per heavy atom. The average Bonchev–Trinajstić information content (AvgIpc) is 3.34. The van der Waals surface area contributed by atoms with Crippen molar-refractivity contribution in [1.29, 1.82) is 0 Å². The van der Waals surface area contributed by atoms with Crippen LogP contribution in [0.15, 0.2) is 78.2 Å². The highest BCUT2D eigenvalue weighted by molar-refractivity contribution is 7.09. The van der Waals surface area contributed by atoms with Gasteiger partial charge in [-0.05, 0) is 54.6 Å². The van der Waals surface area contributed by atoms with Crippen molar-refractivity contribution >= 4 is 34.9 Å². The number of rotatable bonds is 10. The topological polar surface area (TPSA) is 83.8 Å². The zero-order valence-corrected chi connectivity index (χ0v) is 20.0. The lowest BCUT2D eigenvalue weighted by Gasteiger charge is -2.29. The molecule has 0 spiro atoms. The summed E-state index contributed by atoms with van der Waals surface area (Å²) in [5.41, 5.74) is 1.67. The summed E-state index contributed by atoms with van der Waals surface area (Å²) in [6, 6.07) is 19.5. The Labute approximate surface area is 203 Å². The number of nitro groups is 1. The lowest BCUT2D eigenvalue weighted by Crippen LogP contribution is -2.44. The maximum atomic E-state index is 13.3. The summed E-state index contributed by atoms with van der Waals surface area (Å²) >= 11 is 1.59. The molecule has 0 aliphatic carbocycles. The van der Waals surface area contributed by atoms with Crippen molar-refractivity contribution in [3.8, 4) is 0 Å². The number of nitrogens with zero attached hydrogens (tertiary/aromatic N) is 3. The molecule has 1 aromatic heterocycles. The summed E-state index contributed by atoms with van der Waals surface area (Å²) in [6.07, 6.45) is 2.99. The molecule has 0 bridgehead atoms. The third-order valence-corrected chi connectivity index (χ3v) is 6.09. The predicted molar refractivity (Wildman–Crippen MR) is 134 cm³/mol. The lowest BCUT2D eigenvalue weighted by atomic mass is 10.2. The van der Waals surface area contributed by atoms with E-state index < -0.39 is 4.92 Å². The molecular weight excluding hydrogens is 450 g/mol. The van der Waals surface area contributed by atoms with Crippen LogP contribution in [0.3, 0.4) is 0 Å². The molecule has 0 saturated heterocycles. The average molecular weight is 478 g/mol. The van der Waals surface area contributed by atoms with E-state index in [-0.39, 0.29) is 30.1 Å². The second-order valence-corrected chi connectivity index (χ2v) is 9.09. The summed E-state index contributed by atoms with van der Waals surface area (Å²) in [6.45, 7) is 4.62. The number of non-ortho nitro benzene ring substituents is 1. The van der Waals surface area contributed by atoms with Gasteiger partial charge in [-0.3, -0.25) is 19.7 Å². The molecule has 3 rings (SSSR count). The summed E-state index contributed by atoms with van der Waals surface area (Å²) in [4.78, 5) is 40.9. The maximum Gasteiger partial charge on any atom is 0.269 e. The van der Waals surface area contributed by atoms with Gasteiger partial charge in [0.25, 0.3) is 5.69 Å². The first-order valence-electron chi connectivity index (χ1n) is 10.9. The molecule has 0 atom stereocenters. The normalized spacial score (nSPS) is 11.0. The number of carbonyl (C=O) groups excluding carboxylic acids is 2. The van der Waals surface area contributed by atoms with E-state index in [1.807, 2.05) is 61.7 Å². The Bertz CT molecular complexity index is 1130. The summed E-state index contributed by atoms with van der Waals surface area (Å²) < 4.78 is 0. The fraction of sp³-hybridized carbons (Fsp3) is 0.231. The van der Waals surface area contributed by atoms with Crippen LogP contribution in [0.5, 0.6) is 0 Å². The summed E-state index contributed by atoms with van der Waals surface area (Å²) in [7, 11) is 0. The van der Waals surface area contributed by atoms with Gasteiger partial charge in [0.1, 0.15) is 6.54 Å². The zero-order chi connectivity index (χ0) is 24.5.